The lowest BCUT2D eigenvalue weighted by Crippen LogP contribution is -2.40. The van der Waals surface area contributed by atoms with Crippen LogP contribution < -0.4 is 10.6 Å². The van der Waals surface area contributed by atoms with Gasteiger partial charge in [0.25, 0.3) is 5.91 Å². The third-order valence-corrected chi connectivity index (χ3v) is 4.26. The Kier molecular flexibility index (Phi) is 5.05. The van der Waals surface area contributed by atoms with Gasteiger partial charge >= 0.3 is 0 Å². The predicted octanol–water partition coefficient (Wildman–Crippen LogP) is 2.35. The van der Waals surface area contributed by atoms with Crippen molar-refractivity contribution in [2.45, 2.75) is 25.8 Å². The number of likely N-dealkylation sites (N-methyl/N-ethyl adjacent to an activating group) is 1. The van der Waals surface area contributed by atoms with Crippen molar-refractivity contribution in [1.29, 1.82) is 0 Å². The number of carbonyl (C=O) groups is 1. The van der Waals surface area contributed by atoms with E-state index in [1.807, 2.05) is 55.3 Å². The molecule has 1 aromatic carbocycles. The van der Waals surface area contributed by atoms with E-state index in [9.17, 15) is 4.79 Å². The Balaban J connectivity index is 1.74. The summed E-state index contributed by atoms with van der Waals surface area (Å²) in [6, 6.07) is 11.6. The minimum absolute atomic E-state index is 0.0893. The molecule has 1 unspecified atom stereocenters. The maximum Gasteiger partial charge on any atom is 0.254 e. The van der Waals surface area contributed by atoms with Gasteiger partial charge < -0.3 is 15.5 Å². The molecule has 1 fully saturated rings. The van der Waals surface area contributed by atoms with Crippen LogP contribution in [-0.4, -0.2) is 47.2 Å². The molecule has 1 aliphatic heterocycles. The van der Waals surface area contributed by atoms with E-state index in [1.165, 1.54) is 0 Å². The molecule has 0 spiro atoms. The Morgan fingerprint density at radius 2 is 2.17 bits per heavy atom. The number of benzene rings is 1. The van der Waals surface area contributed by atoms with Gasteiger partial charge in [0.15, 0.2) is 5.82 Å². The lowest BCUT2D eigenvalue weighted by Gasteiger charge is -2.24. The van der Waals surface area contributed by atoms with Crippen LogP contribution in [0, 0.1) is 6.92 Å². The number of likely N-dealkylation sites (tertiary alicyclic amines) is 1. The van der Waals surface area contributed by atoms with Crippen molar-refractivity contribution in [1.82, 2.24) is 20.4 Å². The first-order chi connectivity index (χ1) is 11.7. The number of nitrogens with zero attached hydrogens (tertiary/aromatic N) is 3. The molecule has 6 heteroatoms. The Hall–Kier alpha value is -2.47. The van der Waals surface area contributed by atoms with Crippen LogP contribution in [-0.2, 0) is 0 Å². The third-order valence-electron chi connectivity index (χ3n) is 4.26. The molecule has 1 aliphatic rings. The van der Waals surface area contributed by atoms with Crippen LogP contribution in [0.15, 0.2) is 36.4 Å². The van der Waals surface area contributed by atoms with E-state index in [-0.39, 0.29) is 11.9 Å². The first kappa shape index (κ1) is 16.4. The lowest BCUT2D eigenvalue weighted by molar-refractivity contribution is 0.0737. The number of anilines is 2. The average molecular weight is 325 g/mol. The molecule has 0 radical (unpaired) electrons. The van der Waals surface area contributed by atoms with Gasteiger partial charge in [0, 0.05) is 30.4 Å². The molecule has 126 valence electrons. The Morgan fingerprint density at radius 3 is 2.92 bits per heavy atom. The predicted molar refractivity (Wildman–Crippen MR) is 94.5 cm³/mol. The molecule has 24 heavy (non-hydrogen) atoms. The first-order valence-corrected chi connectivity index (χ1v) is 8.30. The van der Waals surface area contributed by atoms with Crippen LogP contribution in [0.5, 0.6) is 0 Å². The maximum atomic E-state index is 12.8. The monoisotopic (exact) mass is 325 g/mol. The second kappa shape index (κ2) is 7.40. The van der Waals surface area contributed by atoms with Crippen molar-refractivity contribution in [2.24, 2.45) is 0 Å². The fraction of sp³-hybridized carbons (Fsp3) is 0.389. The summed E-state index contributed by atoms with van der Waals surface area (Å²) in [5, 5.41) is 14.5. The largest absolute Gasteiger partial charge is 0.339 e. The van der Waals surface area contributed by atoms with E-state index < -0.39 is 0 Å². The van der Waals surface area contributed by atoms with Crippen molar-refractivity contribution in [3.8, 4) is 0 Å². The lowest BCUT2D eigenvalue weighted by atomic mass is 10.1. The van der Waals surface area contributed by atoms with Crippen molar-refractivity contribution in [3.05, 3.63) is 47.7 Å². The van der Waals surface area contributed by atoms with E-state index in [4.69, 9.17) is 0 Å². The molecule has 1 atom stereocenters. The summed E-state index contributed by atoms with van der Waals surface area (Å²) in [5.74, 6) is 0.755. The van der Waals surface area contributed by atoms with E-state index >= 15 is 0 Å². The maximum absolute atomic E-state index is 12.8. The Labute approximate surface area is 142 Å². The normalized spacial score (nSPS) is 17.1. The molecule has 0 saturated carbocycles. The number of rotatable bonds is 5. The molecule has 0 bridgehead atoms. The van der Waals surface area contributed by atoms with Crippen LogP contribution in [0.4, 0.5) is 11.5 Å². The van der Waals surface area contributed by atoms with Crippen LogP contribution >= 0.6 is 0 Å². The molecule has 1 aromatic heterocycles. The Morgan fingerprint density at radius 1 is 1.29 bits per heavy atom. The minimum atomic E-state index is 0.0893. The third kappa shape index (κ3) is 3.71. The van der Waals surface area contributed by atoms with Gasteiger partial charge in [0.1, 0.15) is 0 Å². The quantitative estimate of drug-likeness (QED) is 0.883. The summed E-state index contributed by atoms with van der Waals surface area (Å²) in [4.78, 5) is 14.8. The highest BCUT2D eigenvalue weighted by Gasteiger charge is 2.28. The van der Waals surface area contributed by atoms with Crippen LogP contribution in [0.2, 0.25) is 0 Å². The number of amides is 1. The molecule has 1 saturated heterocycles. The van der Waals surface area contributed by atoms with Gasteiger partial charge in [0.2, 0.25) is 0 Å². The summed E-state index contributed by atoms with van der Waals surface area (Å²) in [5.41, 5.74) is 2.40. The van der Waals surface area contributed by atoms with Crippen LogP contribution in [0.25, 0.3) is 0 Å². The number of carbonyl (C=O) groups excluding carboxylic acids is 1. The van der Waals surface area contributed by atoms with E-state index in [0.29, 0.717) is 11.4 Å². The van der Waals surface area contributed by atoms with Crippen LogP contribution in [0.3, 0.4) is 0 Å². The zero-order chi connectivity index (χ0) is 16.9. The Bertz CT molecular complexity index is 701. The van der Waals surface area contributed by atoms with Gasteiger partial charge in [-0.2, -0.15) is 5.10 Å². The summed E-state index contributed by atoms with van der Waals surface area (Å²) in [7, 11) is 1.92. The van der Waals surface area contributed by atoms with Gasteiger partial charge in [-0.15, -0.1) is 5.10 Å². The van der Waals surface area contributed by atoms with E-state index in [0.717, 1.165) is 37.3 Å². The summed E-state index contributed by atoms with van der Waals surface area (Å²) in [6.07, 6.45) is 2.12. The highest BCUT2D eigenvalue weighted by molar-refractivity contribution is 5.95. The fourth-order valence-corrected chi connectivity index (χ4v) is 3.06. The molecule has 1 amide bonds. The molecular formula is C18H23N5O. The molecule has 3 rings (SSSR count). The smallest absolute Gasteiger partial charge is 0.254 e. The fourth-order valence-electron chi connectivity index (χ4n) is 3.06. The minimum Gasteiger partial charge on any atom is -0.339 e. The molecule has 2 N–H and O–H groups in total. The first-order valence-electron chi connectivity index (χ1n) is 8.30. The zero-order valence-electron chi connectivity index (χ0n) is 14.1. The molecule has 2 aromatic rings. The average Bonchev–Trinajstić information content (AvgIpc) is 3.05. The molecule has 0 aliphatic carbocycles. The van der Waals surface area contributed by atoms with Gasteiger partial charge in [-0.05, 0) is 57.1 Å². The topological polar surface area (TPSA) is 70.2 Å². The van der Waals surface area contributed by atoms with E-state index in [2.05, 4.69) is 20.8 Å². The van der Waals surface area contributed by atoms with Gasteiger partial charge in [-0.3, -0.25) is 4.79 Å². The number of nitrogens with one attached hydrogen (secondary N) is 2. The standard InChI is InChI=1S/C18H23N5O/c1-13-8-9-17(22-21-13)20-15-6-3-5-14(11-15)18(24)23-10-4-7-16(23)12-19-2/h3,5-6,8-9,11,16,19H,4,7,10,12H2,1-2H3,(H,20,22). The highest BCUT2D eigenvalue weighted by Crippen LogP contribution is 2.22. The van der Waals surface area contributed by atoms with E-state index in [1.54, 1.807) is 0 Å². The van der Waals surface area contributed by atoms with Gasteiger partial charge in [-0.25, -0.2) is 0 Å². The SMILES string of the molecule is CNCC1CCCN1C(=O)c1cccc(Nc2ccc(C)nn2)c1. The summed E-state index contributed by atoms with van der Waals surface area (Å²) in [6.45, 7) is 3.56. The second-order valence-electron chi connectivity index (χ2n) is 6.12. The number of hydrogen-bond acceptors (Lipinski definition) is 5. The van der Waals surface area contributed by atoms with Gasteiger partial charge in [0.05, 0.1) is 5.69 Å². The van der Waals surface area contributed by atoms with Crippen LogP contribution in [0.1, 0.15) is 28.9 Å². The number of hydrogen-bond donors (Lipinski definition) is 2. The summed E-state index contributed by atoms with van der Waals surface area (Å²) < 4.78 is 0. The summed E-state index contributed by atoms with van der Waals surface area (Å²) >= 11 is 0. The second-order valence-corrected chi connectivity index (χ2v) is 6.12. The van der Waals surface area contributed by atoms with Crippen molar-refractivity contribution in [2.75, 3.05) is 25.5 Å². The van der Waals surface area contributed by atoms with Crippen molar-refractivity contribution in [3.63, 3.8) is 0 Å². The number of aryl methyl sites for hydroxylation is 1. The zero-order valence-corrected chi connectivity index (χ0v) is 14.1. The molecular weight excluding hydrogens is 302 g/mol. The van der Waals surface area contributed by atoms with Gasteiger partial charge in [-0.1, -0.05) is 6.07 Å². The molecule has 6 nitrogen and oxygen atoms in total. The van der Waals surface area contributed by atoms with Crippen molar-refractivity contribution >= 4 is 17.4 Å². The number of aromatic nitrogens is 2. The van der Waals surface area contributed by atoms with Crippen molar-refractivity contribution < 1.29 is 4.79 Å². The highest BCUT2D eigenvalue weighted by atomic mass is 16.2. The molecule has 2 heterocycles.